The van der Waals surface area contributed by atoms with E-state index in [1.165, 1.54) is 4.88 Å². The second-order valence-electron chi connectivity index (χ2n) is 3.89. The van der Waals surface area contributed by atoms with Crippen molar-refractivity contribution in [3.8, 4) is 10.4 Å². The molecule has 86 valence electrons. The summed E-state index contributed by atoms with van der Waals surface area (Å²) in [6, 6.07) is 5.92. The Kier molecular flexibility index (Phi) is 2.42. The van der Waals surface area contributed by atoms with Crippen molar-refractivity contribution in [1.29, 1.82) is 0 Å². The predicted molar refractivity (Wildman–Crippen MR) is 70.8 cm³/mol. The van der Waals surface area contributed by atoms with E-state index < -0.39 is 0 Å². The lowest BCUT2D eigenvalue weighted by molar-refractivity contribution is 0.910. The van der Waals surface area contributed by atoms with Gasteiger partial charge in [0.2, 0.25) is 0 Å². The van der Waals surface area contributed by atoms with Crippen LogP contribution in [0.15, 0.2) is 23.6 Å². The normalized spacial score (nSPS) is 11.2. The molecule has 17 heavy (non-hydrogen) atoms. The van der Waals surface area contributed by atoms with Gasteiger partial charge in [0.05, 0.1) is 11.3 Å². The van der Waals surface area contributed by atoms with Crippen molar-refractivity contribution in [2.75, 3.05) is 0 Å². The Labute approximate surface area is 108 Å². The maximum absolute atomic E-state index is 6.17. The lowest BCUT2D eigenvalue weighted by atomic mass is 10.2. The molecule has 0 amide bonds. The highest BCUT2D eigenvalue weighted by Crippen LogP contribution is 2.32. The Balaban J connectivity index is 2.42. The van der Waals surface area contributed by atoms with E-state index in [0.717, 1.165) is 22.6 Å². The van der Waals surface area contributed by atoms with Crippen molar-refractivity contribution < 1.29 is 0 Å². The van der Waals surface area contributed by atoms with Gasteiger partial charge in [-0.2, -0.15) is 5.10 Å². The minimum absolute atomic E-state index is 0.596. The fourth-order valence-electron chi connectivity index (χ4n) is 1.91. The Morgan fingerprint density at radius 2 is 2.18 bits per heavy atom. The van der Waals surface area contributed by atoms with Crippen LogP contribution < -0.4 is 0 Å². The molecule has 0 aliphatic rings. The van der Waals surface area contributed by atoms with Crippen LogP contribution in [0.4, 0.5) is 0 Å². The molecule has 0 atom stereocenters. The molecular weight excluding hydrogens is 254 g/mol. The minimum atomic E-state index is 0.596. The van der Waals surface area contributed by atoms with Crippen molar-refractivity contribution in [1.82, 2.24) is 14.6 Å². The second-order valence-corrected chi connectivity index (χ2v) is 5.23. The Morgan fingerprint density at radius 1 is 1.35 bits per heavy atom. The van der Waals surface area contributed by atoms with Gasteiger partial charge in [0.25, 0.3) is 0 Å². The number of nitrogens with zero attached hydrogens (tertiary/aromatic N) is 3. The molecule has 3 heterocycles. The smallest absolute Gasteiger partial charge is 0.165 e. The van der Waals surface area contributed by atoms with E-state index in [1.807, 2.05) is 26.0 Å². The number of hydrogen-bond acceptors (Lipinski definition) is 3. The van der Waals surface area contributed by atoms with Crippen LogP contribution in [0.1, 0.15) is 11.4 Å². The Bertz CT molecular complexity index is 685. The first kappa shape index (κ1) is 10.7. The number of halogens is 1. The topological polar surface area (TPSA) is 30.2 Å². The van der Waals surface area contributed by atoms with Crippen LogP contribution >= 0.6 is 22.9 Å². The second kappa shape index (κ2) is 3.82. The summed E-state index contributed by atoms with van der Waals surface area (Å²) in [5.41, 5.74) is 3.76. The lowest BCUT2D eigenvalue weighted by Crippen LogP contribution is -1.94. The monoisotopic (exact) mass is 263 g/mol. The third-order valence-electron chi connectivity index (χ3n) is 2.62. The highest BCUT2D eigenvalue weighted by molar-refractivity contribution is 7.13. The van der Waals surface area contributed by atoms with E-state index in [1.54, 1.807) is 15.9 Å². The van der Waals surface area contributed by atoms with Gasteiger partial charge in [-0.15, -0.1) is 11.3 Å². The quantitative estimate of drug-likeness (QED) is 0.626. The molecule has 0 bridgehead atoms. The zero-order chi connectivity index (χ0) is 12.0. The Morgan fingerprint density at radius 3 is 2.88 bits per heavy atom. The van der Waals surface area contributed by atoms with Crippen molar-refractivity contribution >= 4 is 28.6 Å². The van der Waals surface area contributed by atoms with Crippen LogP contribution in [0.3, 0.4) is 0 Å². The fraction of sp³-hybridized carbons (Fsp3) is 0.167. The molecule has 0 saturated heterocycles. The molecular formula is C12H10ClN3S. The maximum atomic E-state index is 6.17. The SMILES string of the molecule is Cc1cc(Cl)n2nc(C)c(-c3cccs3)c2n1. The highest BCUT2D eigenvalue weighted by atomic mass is 35.5. The molecule has 0 aliphatic heterocycles. The molecule has 0 saturated carbocycles. The molecule has 0 unspecified atom stereocenters. The van der Waals surface area contributed by atoms with E-state index in [4.69, 9.17) is 11.6 Å². The van der Waals surface area contributed by atoms with Crippen molar-refractivity contribution in [2.24, 2.45) is 0 Å². The predicted octanol–water partition coefficient (Wildman–Crippen LogP) is 3.73. The molecule has 0 radical (unpaired) electrons. The van der Waals surface area contributed by atoms with Gasteiger partial charge in [-0.05, 0) is 31.4 Å². The number of aromatic nitrogens is 3. The van der Waals surface area contributed by atoms with Gasteiger partial charge in [-0.25, -0.2) is 9.50 Å². The summed E-state index contributed by atoms with van der Waals surface area (Å²) in [4.78, 5) is 5.71. The molecule has 0 aromatic carbocycles. The van der Waals surface area contributed by atoms with E-state index in [0.29, 0.717) is 5.15 Å². The molecule has 3 nitrogen and oxygen atoms in total. The van der Waals surface area contributed by atoms with Crippen molar-refractivity contribution in [2.45, 2.75) is 13.8 Å². The molecule has 3 aromatic heterocycles. The standard InChI is InChI=1S/C12H10ClN3S/c1-7-6-10(13)16-12(14-7)11(8(2)15-16)9-4-3-5-17-9/h3-6H,1-2H3. The van der Waals surface area contributed by atoms with E-state index in [2.05, 4.69) is 21.5 Å². The van der Waals surface area contributed by atoms with Crippen LogP contribution in [0, 0.1) is 13.8 Å². The maximum Gasteiger partial charge on any atom is 0.165 e. The summed E-state index contributed by atoms with van der Waals surface area (Å²) in [5.74, 6) is 0. The van der Waals surface area contributed by atoms with Gasteiger partial charge in [-0.3, -0.25) is 0 Å². The van der Waals surface area contributed by atoms with Crippen LogP contribution in [-0.4, -0.2) is 14.6 Å². The van der Waals surface area contributed by atoms with E-state index in [-0.39, 0.29) is 0 Å². The van der Waals surface area contributed by atoms with Gasteiger partial charge in [0.15, 0.2) is 5.65 Å². The lowest BCUT2D eigenvalue weighted by Gasteiger charge is -1.99. The summed E-state index contributed by atoms with van der Waals surface area (Å²) >= 11 is 7.86. The zero-order valence-corrected chi connectivity index (χ0v) is 11.0. The first-order valence-corrected chi connectivity index (χ1v) is 6.49. The molecule has 3 aromatic rings. The van der Waals surface area contributed by atoms with Crippen molar-refractivity contribution in [3.63, 3.8) is 0 Å². The fourth-order valence-corrected chi connectivity index (χ4v) is 3.00. The van der Waals surface area contributed by atoms with Gasteiger partial charge in [0.1, 0.15) is 5.15 Å². The van der Waals surface area contributed by atoms with Crippen LogP contribution in [-0.2, 0) is 0 Å². The summed E-state index contributed by atoms with van der Waals surface area (Å²) < 4.78 is 1.69. The summed E-state index contributed by atoms with van der Waals surface area (Å²) in [6.45, 7) is 3.92. The van der Waals surface area contributed by atoms with Gasteiger partial charge < -0.3 is 0 Å². The van der Waals surface area contributed by atoms with E-state index >= 15 is 0 Å². The number of aryl methyl sites for hydroxylation is 2. The number of thiophene rings is 1. The first-order chi connectivity index (χ1) is 8.16. The van der Waals surface area contributed by atoms with Crippen molar-refractivity contribution in [3.05, 3.63) is 40.1 Å². The third-order valence-corrected chi connectivity index (χ3v) is 3.77. The first-order valence-electron chi connectivity index (χ1n) is 5.23. The number of rotatable bonds is 1. The highest BCUT2D eigenvalue weighted by Gasteiger charge is 2.15. The Hall–Kier alpha value is -1.39. The van der Waals surface area contributed by atoms with Gasteiger partial charge in [-0.1, -0.05) is 17.7 Å². The number of hydrogen-bond donors (Lipinski definition) is 0. The molecule has 3 rings (SSSR count). The van der Waals surface area contributed by atoms with Crippen LogP contribution in [0.5, 0.6) is 0 Å². The van der Waals surface area contributed by atoms with Crippen LogP contribution in [0.25, 0.3) is 16.1 Å². The summed E-state index contributed by atoms with van der Waals surface area (Å²) in [6.07, 6.45) is 0. The number of fused-ring (bicyclic) bond motifs is 1. The molecule has 0 spiro atoms. The largest absolute Gasteiger partial charge is 0.233 e. The molecule has 0 N–H and O–H groups in total. The zero-order valence-electron chi connectivity index (χ0n) is 9.44. The third kappa shape index (κ3) is 1.64. The van der Waals surface area contributed by atoms with Gasteiger partial charge in [0, 0.05) is 10.6 Å². The van der Waals surface area contributed by atoms with Crippen LogP contribution in [0.2, 0.25) is 5.15 Å². The summed E-state index contributed by atoms with van der Waals surface area (Å²) in [5, 5.41) is 7.09. The average molecular weight is 264 g/mol. The molecule has 0 aliphatic carbocycles. The minimum Gasteiger partial charge on any atom is -0.233 e. The summed E-state index contributed by atoms with van der Waals surface area (Å²) in [7, 11) is 0. The molecule has 0 fully saturated rings. The average Bonchev–Trinajstić information content (AvgIpc) is 2.84. The van der Waals surface area contributed by atoms with E-state index in [9.17, 15) is 0 Å². The van der Waals surface area contributed by atoms with Gasteiger partial charge >= 0.3 is 0 Å². The molecule has 5 heteroatoms.